The minimum Gasteiger partial charge on any atom is -0.192 e. The molecule has 18 heavy (non-hydrogen) atoms. The Kier molecular flexibility index (Phi) is 3.46. The van der Waals surface area contributed by atoms with Gasteiger partial charge in [0.15, 0.2) is 0 Å². The minimum atomic E-state index is 0.567. The van der Waals surface area contributed by atoms with Crippen molar-refractivity contribution < 1.29 is 0 Å². The van der Waals surface area contributed by atoms with Crippen LogP contribution in [-0.4, -0.2) is 0 Å². The van der Waals surface area contributed by atoms with Crippen LogP contribution in [0.1, 0.15) is 16.7 Å². The van der Waals surface area contributed by atoms with E-state index in [1.54, 1.807) is 6.07 Å². The maximum Gasteiger partial charge on any atom is 0.101 e. The first-order valence-corrected chi connectivity index (χ1v) is 6.17. The Morgan fingerprint density at radius 3 is 2.33 bits per heavy atom. The fourth-order valence-corrected chi connectivity index (χ4v) is 2.26. The number of aryl methyl sites for hydroxylation is 1. The van der Waals surface area contributed by atoms with Crippen molar-refractivity contribution in [2.45, 2.75) is 6.92 Å². The van der Waals surface area contributed by atoms with E-state index in [0.717, 1.165) is 21.2 Å². The maximum atomic E-state index is 9.29. The number of hydrogen-bond donors (Lipinski definition) is 0. The summed E-state index contributed by atoms with van der Waals surface area (Å²) in [5.41, 5.74) is 3.72. The zero-order valence-corrected chi connectivity index (χ0v) is 11.3. The summed E-state index contributed by atoms with van der Waals surface area (Å²) in [7, 11) is 0. The van der Waals surface area contributed by atoms with Crippen LogP contribution in [-0.2, 0) is 0 Å². The van der Waals surface area contributed by atoms with E-state index < -0.39 is 0 Å². The molecular formula is C15H9BrN2. The van der Waals surface area contributed by atoms with Crippen molar-refractivity contribution >= 4 is 15.9 Å². The summed E-state index contributed by atoms with van der Waals surface area (Å²) in [4.78, 5) is 0. The predicted octanol–water partition coefficient (Wildman–Crippen LogP) is 4.17. The van der Waals surface area contributed by atoms with Crippen LogP contribution in [0.2, 0.25) is 0 Å². The monoisotopic (exact) mass is 296 g/mol. The van der Waals surface area contributed by atoms with Gasteiger partial charge in [0.2, 0.25) is 0 Å². The Hall–Kier alpha value is -2.10. The molecule has 0 atom stereocenters. The molecule has 0 saturated heterocycles. The fraction of sp³-hybridized carbons (Fsp3) is 0.0667. The zero-order chi connectivity index (χ0) is 13.1. The van der Waals surface area contributed by atoms with Crippen molar-refractivity contribution in [2.24, 2.45) is 0 Å². The summed E-state index contributed by atoms with van der Waals surface area (Å²) in [6, 6.07) is 15.5. The highest BCUT2D eigenvalue weighted by Gasteiger charge is 2.13. The van der Waals surface area contributed by atoms with E-state index in [1.807, 2.05) is 37.3 Å². The van der Waals surface area contributed by atoms with Crippen molar-refractivity contribution in [3.05, 3.63) is 57.6 Å². The first kappa shape index (κ1) is 12.4. The van der Waals surface area contributed by atoms with Gasteiger partial charge in [0, 0.05) is 15.6 Å². The Morgan fingerprint density at radius 2 is 1.67 bits per heavy atom. The molecule has 0 amide bonds. The van der Waals surface area contributed by atoms with E-state index in [-0.39, 0.29) is 0 Å². The van der Waals surface area contributed by atoms with Crippen LogP contribution >= 0.6 is 15.9 Å². The quantitative estimate of drug-likeness (QED) is 0.793. The van der Waals surface area contributed by atoms with Gasteiger partial charge in [0.05, 0.1) is 17.2 Å². The number of nitrogens with zero attached hydrogens (tertiary/aromatic N) is 2. The topological polar surface area (TPSA) is 47.6 Å². The van der Waals surface area contributed by atoms with E-state index in [0.29, 0.717) is 11.1 Å². The van der Waals surface area contributed by atoms with Crippen LogP contribution < -0.4 is 0 Å². The molecule has 0 spiro atoms. The second-order valence-corrected chi connectivity index (χ2v) is 4.68. The lowest BCUT2D eigenvalue weighted by molar-refractivity contribution is 1.37. The van der Waals surface area contributed by atoms with Gasteiger partial charge in [-0.25, -0.2) is 0 Å². The summed E-state index contributed by atoms with van der Waals surface area (Å²) < 4.78 is 0.787. The summed E-state index contributed by atoms with van der Waals surface area (Å²) in [5, 5.41) is 18.4. The first-order chi connectivity index (χ1) is 8.69. The molecule has 0 N–H and O–H groups in total. The van der Waals surface area contributed by atoms with E-state index in [4.69, 9.17) is 5.26 Å². The van der Waals surface area contributed by atoms with Gasteiger partial charge < -0.3 is 0 Å². The maximum absolute atomic E-state index is 9.29. The number of nitriles is 2. The normalized spacial score (nSPS) is 9.56. The third-order valence-corrected chi connectivity index (χ3v) is 3.81. The Bertz CT molecular complexity index is 691. The van der Waals surface area contributed by atoms with Gasteiger partial charge in [0.25, 0.3) is 0 Å². The SMILES string of the molecule is Cc1ccc(-c2ccccc2C#N)c(C#N)c1Br. The summed E-state index contributed by atoms with van der Waals surface area (Å²) in [6.07, 6.45) is 0. The number of benzene rings is 2. The second kappa shape index (κ2) is 5.04. The molecule has 0 aliphatic carbocycles. The van der Waals surface area contributed by atoms with Gasteiger partial charge in [0.1, 0.15) is 6.07 Å². The molecular weight excluding hydrogens is 288 g/mol. The van der Waals surface area contributed by atoms with E-state index in [2.05, 4.69) is 28.1 Å². The number of rotatable bonds is 1. The molecule has 3 heteroatoms. The Balaban J connectivity index is 2.78. The van der Waals surface area contributed by atoms with Gasteiger partial charge in [-0.3, -0.25) is 0 Å². The highest BCUT2D eigenvalue weighted by Crippen LogP contribution is 2.32. The van der Waals surface area contributed by atoms with Gasteiger partial charge in [-0.15, -0.1) is 0 Å². The smallest absolute Gasteiger partial charge is 0.101 e. The van der Waals surface area contributed by atoms with Gasteiger partial charge in [-0.2, -0.15) is 10.5 Å². The standard InChI is InChI=1S/C15H9BrN2/c1-10-6-7-13(14(9-18)15(10)16)12-5-3-2-4-11(12)8-17/h2-7H,1H3. The largest absolute Gasteiger partial charge is 0.192 e. The average molecular weight is 297 g/mol. The number of halogens is 1. The molecule has 2 aromatic rings. The van der Waals surface area contributed by atoms with E-state index in [9.17, 15) is 5.26 Å². The average Bonchev–Trinajstić information content (AvgIpc) is 2.41. The van der Waals surface area contributed by atoms with Crippen LogP contribution in [0, 0.1) is 29.6 Å². The number of hydrogen-bond acceptors (Lipinski definition) is 2. The highest BCUT2D eigenvalue weighted by atomic mass is 79.9. The molecule has 86 valence electrons. The van der Waals surface area contributed by atoms with Crippen molar-refractivity contribution in [2.75, 3.05) is 0 Å². The van der Waals surface area contributed by atoms with E-state index >= 15 is 0 Å². The molecule has 2 aromatic carbocycles. The minimum absolute atomic E-state index is 0.567. The molecule has 0 aliphatic heterocycles. The van der Waals surface area contributed by atoms with Crippen LogP contribution in [0.3, 0.4) is 0 Å². The second-order valence-electron chi connectivity index (χ2n) is 3.89. The molecule has 0 fully saturated rings. The lowest BCUT2D eigenvalue weighted by Crippen LogP contribution is -1.91. The molecule has 0 bridgehead atoms. The van der Waals surface area contributed by atoms with Gasteiger partial charge in [-0.1, -0.05) is 30.3 Å². The molecule has 0 saturated carbocycles. The molecule has 0 unspecified atom stereocenters. The van der Waals surface area contributed by atoms with E-state index in [1.165, 1.54) is 0 Å². The Morgan fingerprint density at radius 1 is 0.944 bits per heavy atom. The van der Waals surface area contributed by atoms with Crippen molar-refractivity contribution in [3.8, 4) is 23.3 Å². The molecule has 0 aliphatic rings. The van der Waals surface area contributed by atoms with Crippen LogP contribution in [0.15, 0.2) is 40.9 Å². The van der Waals surface area contributed by atoms with Crippen molar-refractivity contribution in [1.82, 2.24) is 0 Å². The highest BCUT2D eigenvalue weighted by molar-refractivity contribution is 9.10. The lowest BCUT2D eigenvalue weighted by Gasteiger charge is -2.09. The molecule has 0 aromatic heterocycles. The van der Waals surface area contributed by atoms with Crippen LogP contribution in [0.4, 0.5) is 0 Å². The van der Waals surface area contributed by atoms with Gasteiger partial charge >= 0.3 is 0 Å². The van der Waals surface area contributed by atoms with Crippen LogP contribution in [0.5, 0.6) is 0 Å². The predicted molar refractivity (Wildman–Crippen MR) is 73.7 cm³/mol. The summed E-state index contributed by atoms with van der Waals surface area (Å²) >= 11 is 3.43. The zero-order valence-electron chi connectivity index (χ0n) is 9.74. The van der Waals surface area contributed by atoms with Gasteiger partial charge in [-0.05, 0) is 34.5 Å². The van der Waals surface area contributed by atoms with Crippen molar-refractivity contribution in [1.29, 1.82) is 10.5 Å². The lowest BCUT2D eigenvalue weighted by atomic mass is 9.95. The molecule has 0 radical (unpaired) electrons. The van der Waals surface area contributed by atoms with Crippen LogP contribution in [0.25, 0.3) is 11.1 Å². The molecule has 0 heterocycles. The molecule has 2 nitrogen and oxygen atoms in total. The Labute approximate surface area is 114 Å². The third kappa shape index (κ3) is 2.01. The van der Waals surface area contributed by atoms with Crippen molar-refractivity contribution in [3.63, 3.8) is 0 Å². The third-order valence-electron chi connectivity index (χ3n) is 2.78. The molecule has 2 rings (SSSR count). The summed E-state index contributed by atoms with van der Waals surface area (Å²) in [5.74, 6) is 0. The summed E-state index contributed by atoms with van der Waals surface area (Å²) in [6.45, 7) is 1.94. The fourth-order valence-electron chi connectivity index (χ4n) is 1.83. The first-order valence-electron chi connectivity index (χ1n) is 5.37.